The number of halogens is 2. The number of alkyl halides is 2. The van der Waals surface area contributed by atoms with E-state index in [1.54, 1.807) is 51.9 Å². The Labute approximate surface area is 212 Å². The van der Waals surface area contributed by atoms with Crippen LogP contribution in [0.1, 0.15) is 48.7 Å². The van der Waals surface area contributed by atoms with Crippen LogP contribution in [0.2, 0.25) is 0 Å². The second kappa shape index (κ2) is 9.74. The van der Waals surface area contributed by atoms with Crippen molar-refractivity contribution < 1.29 is 33.0 Å². The molecule has 1 amide bonds. The molecule has 196 valence electrons. The first-order valence-corrected chi connectivity index (χ1v) is 12.3. The van der Waals surface area contributed by atoms with Crippen LogP contribution in [0.4, 0.5) is 19.3 Å². The van der Waals surface area contributed by atoms with Gasteiger partial charge in [0, 0.05) is 24.4 Å². The number of nitrogens with zero attached hydrogens (tertiary/aromatic N) is 3. The first-order valence-electron chi connectivity index (χ1n) is 12.3. The van der Waals surface area contributed by atoms with Crippen molar-refractivity contribution in [1.29, 1.82) is 0 Å². The largest absolute Gasteiger partial charge is 0.481 e. The lowest BCUT2D eigenvalue weighted by Crippen LogP contribution is -2.42. The van der Waals surface area contributed by atoms with Crippen molar-refractivity contribution in [2.75, 3.05) is 25.2 Å². The fourth-order valence-electron chi connectivity index (χ4n) is 5.56. The number of carboxylic acids is 1. The number of ether oxygens (including phenoxy) is 2. The van der Waals surface area contributed by atoms with Crippen LogP contribution < -0.4 is 4.90 Å². The number of methoxy groups -OCH3 is 1. The number of aliphatic carboxylic acids is 1. The maximum Gasteiger partial charge on any atom is 0.414 e. The summed E-state index contributed by atoms with van der Waals surface area (Å²) in [6.45, 7) is 1.36. The molecule has 0 unspecified atom stereocenters. The fourth-order valence-corrected chi connectivity index (χ4v) is 5.56. The van der Waals surface area contributed by atoms with E-state index in [9.17, 15) is 23.5 Å². The third kappa shape index (κ3) is 4.66. The van der Waals surface area contributed by atoms with Gasteiger partial charge < -0.3 is 19.1 Å². The predicted octanol–water partition coefficient (Wildman–Crippen LogP) is 4.95. The topological polar surface area (TPSA) is 93.9 Å². The molecule has 0 saturated carbocycles. The summed E-state index contributed by atoms with van der Waals surface area (Å²) in [4.78, 5) is 31.3. The molecule has 37 heavy (non-hydrogen) atoms. The summed E-state index contributed by atoms with van der Waals surface area (Å²) in [6, 6.07) is 11.6. The van der Waals surface area contributed by atoms with Crippen LogP contribution in [0.25, 0.3) is 11.0 Å². The number of carbonyl (C=O) groups excluding carboxylic acids is 1. The van der Waals surface area contributed by atoms with Gasteiger partial charge in [-0.25, -0.2) is 18.6 Å². The standard InChI is InChI=1S/C27H29F2N3O5/c1-16-8-9-19-21(31(16)26(35)36-2)10-11-22-24(19)30-23(32(22)18-13-27(28,29)15-37-14-18)12-20(25(33)34)17-6-4-3-5-7-17/h3-7,10-11,16,18,20H,8-9,12-15H2,1-2H3,(H,33,34)/t16-,18-,20-/m0/s1. The summed E-state index contributed by atoms with van der Waals surface area (Å²) in [5.41, 5.74) is 3.29. The highest BCUT2D eigenvalue weighted by atomic mass is 19.3. The number of hydrogen-bond donors (Lipinski definition) is 1. The summed E-state index contributed by atoms with van der Waals surface area (Å²) >= 11 is 0. The Kier molecular flexibility index (Phi) is 6.61. The van der Waals surface area contributed by atoms with E-state index in [4.69, 9.17) is 14.5 Å². The van der Waals surface area contributed by atoms with Gasteiger partial charge in [0.15, 0.2) is 0 Å². The van der Waals surface area contributed by atoms with Gasteiger partial charge >= 0.3 is 12.1 Å². The van der Waals surface area contributed by atoms with Crippen LogP contribution >= 0.6 is 0 Å². The maximum absolute atomic E-state index is 14.4. The van der Waals surface area contributed by atoms with Crippen molar-refractivity contribution in [1.82, 2.24) is 9.55 Å². The lowest BCUT2D eigenvalue weighted by molar-refractivity contribution is -0.139. The molecule has 0 bridgehead atoms. The maximum atomic E-state index is 14.4. The number of aromatic nitrogens is 2. The van der Waals surface area contributed by atoms with Crippen molar-refractivity contribution in [2.45, 2.75) is 56.5 Å². The Bertz CT molecular complexity index is 1330. The lowest BCUT2D eigenvalue weighted by atomic mass is 9.95. The Morgan fingerprint density at radius 2 is 2.00 bits per heavy atom. The zero-order valence-electron chi connectivity index (χ0n) is 20.7. The van der Waals surface area contributed by atoms with Gasteiger partial charge in [-0.2, -0.15) is 0 Å². The van der Waals surface area contributed by atoms with Crippen LogP contribution in [0, 0.1) is 0 Å². The number of hydrogen-bond acceptors (Lipinski definition) is 5. The van der Waals surface area contributed by atoms with Gasteiger partial charge in [-0.1, -0.05) is 30.3 Å². The quantitative estimate of drug-likeness (QED) is 0.519. The summed E-state index contributed by atoms with van der Waals surface area (Å²) in [5.74, 6) is -4.55. The second-order valence-electron chi connectivity index (χ2n) is 9.79. The van der Waals surface area contributed by atoms with Gasteiger partial charge in [0.2, 0.25) is 0 Å². The Morgan fingerprint density at radius 1 is 1.24 bits per heavy atom. The van der Waals surface area contributed by atoms with Crippen LogP contribution in [0.15, 0.2) is 42.5 Å². The van der Waals surface area contributed by atoms with Gasteiger partial charge in [-0.3, -0.25) is 9.69 Å². The van der Waals surface area contributed by atoms with Crippen LogP contribution in [-0.4, -0.2) is 59.0 Å². The lowest BCUT2D eigenvalue weighted by Gasteiger charge is -2.34. The van der Waals surface area contributed by atoms with Crippen LogP contribution in [-0.2, 0) is 27.1 Å². The summed E-state index contributed by atoms with van der Waals surface area (Å²) < 4.78 is 40.8. The SMILES string of the molecule is COC(=O)N1c2ccc3c(nc(C[C@H](C(=O)O)c4ccccc4)n3[C@@H]3COCC(F)(F)C3)c2CC[C@@H]1C. The normalized spacial score (nSPS) is 21.9. The zero-order chi connectivity index (χ0) is 26.3. The molecule has 0 aliphatic carbocycles. The van der Waals surface area contributed by atoms with Crippen molar-refractivity contribution in [3.63, 3.8) is 0 Å². The van der Waals surface area contributed by atoms with Gasteiger partial charge in [0.25, 0.3) is 5.92 Å². The third-order valence-electron chi connectivity index (χ3n) is 7.31. The summed E-state index contributed by atoms with van der Waals surface area (Å²) in [7, 11) is 1.33. The van der Waals surface area contributed by atoms with Crippen molar-refractivity contribution in [3.8, 4) is 0 Å². The summed E-state index contributed by atoms with van der Waals surface area (Å²) in [6.07, 6.45) is 0.410. The molecule has 3 heterocycles. The molecule has 1 aromatic heterocycles. The number of rotatable bonds is 5. The zero-order valence-corrected chi connectivity index (χ0v) is 20.7. The molecular weight excluding hydrogens is 484 g/mol. The molecule has 1 fully saturated rings. The van der Waals surface area contributed by atoms with E-state index in [0.717, 1.165) is 5.56 Å². The fraction of sp³-hybridized carbons (Fsp3) is 0.444. The van der Waals surface area contributed by atoms with E-state index in [-0.39, 0.29) is 19.1 Å². The number of benzene rings is 2. The minimum atomic E-state index is -3.01. The molecule has 1 saturated heterocycles. The first kappa shape index (κ1) is 25.1. The Balaban J connectivity index is 1.67. The highest BCUT2D eigenvalue weighted by molar-refractivity contribution is 5.95. The molecule has 2 aromatic carbocycles. The third-order valence-corrected chi connectivity index (χ3v) is 7.31. The molecule has 0 radical (unpaired) electrons. The van der Waals surface area contributed by atoms with Gasteiger partial charge in [0.1, 0.15) is 12.4 Å². The molecular formula is C27H29F2N3O5. The van der Waals surface area contributed by atoms with Crippen molar-refractivity contribution >= 4 is 28.8 Å². The average Bonchev–Trinajstić information content (AvgIpc) is 3.25. The molecule has 3 aromatic rings. The van der Waals surface area contributed by atoms with E-state index in [1.165, 1.54) is 7.11 Å². The van der Waals surface area contributed by atoms with Gasteiger partial charge in [-0.05, 0) is 37.5 Å². The minimum Gasteiger partial charge on any atom is -0.481 e. The number of amides is 1. The number of carboxylic acid groups (broad SMARTS) is 1. The molecule has 1 N–H and O–H groups in total. The van der Waals surface area contributed by atoms with E-state index in [1.807, 2.05) is 6.92 Å². The van der Waals surface area contributed by atoms with Crippen LogP contribution in [0.3, 0.4) is 0 Å². The summed E-state index contributed by atoms with van der Waals surface area (Å²) in [5, 5.41) is 10.1. The molecule has 8 nitrogen and oxygen atoms in total. The van der Waals surface area contributed by atoms with Crippen molar-refractivity contribution in [3.05, 3.63) is 59.4 Å². The monoisotopic (exact) mass is 513 g/mol. The number of fused-ring (bicyclic) bond motifs is 3. The second-order valence-corrected chi connectivity index (χ2v) is 9.79. The molecule has 10 heteroatoms. The van der Waals surface area contributed by atoms with E-state index in [2.05, 4.69) is 0 Å². The van der Waals surface area contributed by atoms with E-state index >= 15 is 0 Å². The average molecular weight is 514 g/mol. The first-order chi connectivity index (χ1) is 17.7. The van der Waals surface area contributed by atoms with Gasteiger partial charge in [0.05, 0.1) is 42.4 Å². The minimum absolute atomic E-state index is 0.0159. The smallest absolute Gasteiger partial charge is 0.414 e. The highest BCUT2D eigenvalue weighted by Crippen LogP contribution is 2.40. The molecule has 5 rings (SSSR count). The molecule has 3 atom stereocenters. The van der Waals surface area contributed by atoms with Crippen molar-refractivity contribution in [2.24, 2.45) is 0 Å². The predicted molar refractivity (Wildman–Crippen MR) is 132 cm³/mol. The van der Waals surface area contributed by atoms with Crippen LogP contribution in [0.5, 0.6) is 0 Å². The molecule has 2 aliphatic rings. The van der Waals surface area contributed by atoms with Gasteiger partial charge in [-0.15, -0.1) is 0 Å². The number of imidazole rings is 1. The molecule has 2 aliphatic heterocycles. The Morgan fingerprint density at radius 3 is 2.68 bits per heavy atom. The number of aryl methyl sites for hydroxylation is 1. The van der Waals surface area contributed by atoms with E-state index in [0.29, 0.717) is 41.0 Å². The number of carbonyl (C=O) groups is 2. The number of anilines is 1. The van der Waals surface area contributed by atoms with E-state index < -0.39 is 43.0 Å². The highest BCUT2D eigenvalue weighted by Gasteiger charge is 2.40. The Hall–Kier alpha value is -3.53. The molecule has 0 spiro atoms.